The number of rotatable bonds is 2. The highest BCUT2D eigenvalue weighted by atomic mass is 16.6. The number of nitrogens with zero attached hydrogens (tertiary/aromatic N) is 3. The number of H-pyrrole nitrogens is 1. The van der Waals surface area contributed by atoms with Crippen LogP contribution in [-0.4, -0.2) is 46.5 Å². The Balaban J connectivity index is 2.32. The number of aromatic amines is 1. The number of aromatic hydroxyl groups is 1. The first kappa shape index (κ1) is 9.71. The van der Waals surface area contributed by atoms with Crippen molar-refractivity contribution in [3.05, 3.63) is 10.1 Å². The van der Waals surface area contributed by atoms with Gasteiger partial charge in [0.15, 0.2) is 0 Å². The van der Waals surface area contributed by atoms with Crippen LogP contribution in [0.1, 0.15) is 0 Å². The van der Waals surface area contributed by atoms with Crippen molar-refractivity contribution in [1.29, 1.82) is 0 Å². The molecule has 15 heavy (non-hydrogen) atoms. The van der Waals surface area contributed by atoms with E-state index in [-0.39, 0.29) is 17.4 Å². The molecule has 2 rings (SSSR count). The first-order valence-electron chi connectivity index (χ1n) is 4.44. The zero-order valence-electron chi connectivity index (χ0n) is 7.84. The van der Waals surface area contributed by atoms with Crippen LogP contribution in [0.5, 0.6) is 5.88 Å². The number of nitro groups is 1. The van der Waals surface area contributed by atoms with Crippen LogP contribution in [0, 0.1) is 10.1 Å². The van der Waals surface area contributed by atoms with Gasteiger partial charge >= 0.3 is 5.82 Å². The lowest BCUT2D eigenvalue weighted by atomic mass is 10.3. The van der Waals surface area contributed by atoms with Crippen molar-refractivity contribution in [2.24, 2.45) is 0 Å². The van der Waals surface area contributed by atoms with E-state index in [0.29, 0.717) is 26.3 Å². The molecule has 0 aliphatic carbocycles. The molecule has 0 spiro atoms. The minimum Gasteiger partial charge on any atom is -0.491 e. The predicted octanol–water partition coefficient (Wildman–Crippen LogP) is -0.140. The van der Waals surface area contributed by atoms with Crippen molar-refractivity contribution in [3.63, 3.8) is 0 Å². The fraction of sp³-hybridized carbons (Fsp3) is 0.571. The van der Waals surface area contributed by atoms with Crippen LogP contribution in [0.4, 0.5) is 11.5 Å². The second-order valence-electron chi connectivity index (χ2n) is 3.10. The number of anilines is 1. The lowest BCUT2D eigenvalue weighted by molar-refractivity contribution is -0.388. The van der Waals surface area contributed by atoms with Crippen LogP contribution >= 0.6 is 0 Å². The summed E-state index contributed by atoms with van der Waals surface area (Å²) in [4.78, 5) is 11.7. The second-order valence-corrected chi connectivity index (χ2v) is 3.10. The van der Waals surface area contributed by atoms with Crippen LogP contribution in [0.3, 0.4) is 0 Å². The number of nitrogens with one attached hydrogen (secondary N) is 1. The van der Waals surface area contributed by atoms with Crippen molar-refractivity contribution in [2.75, 3.05) is 31.2 Å². The van der Waals surface area contributed by atoms with E-state index in [4.69, 9.17) is 4.74 Å². The smallest absolute Gasteiger partial charge is 0.417 e. The summed E-state index contributed by atoms with van der Waals surface area (Å²) >= 11 is 0. The fourth-order valence-electron chi connectivity index (χ4n) is 1.52. The number of ether oxygens (including phenoxy) is 1. The van der Waals surface area contributed by atoms with E-state index < -0.39 is 4.92 Å². The molecule has 0 radical (unpaired) electrons. The predicted molar refractivity (Wildman–Crippen MR) is 49.9 cm³/mol. The number of morpholine rings is 1. The molecular weight excluding hydrogens is 204 g/mol. The van der Waals surface area contributed by atoms with Crippen LogP contribution < -0.4 is 4.90 Å². The molecular formula is C7H10N4O4. The standard InChI is InChI=1S/C7H10N4O4/c12-7-5(6(8-9-7)11(13)14)10-1-3-15-4-2-10/h1-4H2,(H2,8,9,12). The first-order chi connectivity index (χ1) is 7.20. The Morgan fingerprint density at radius 1 is 1.53 bits per heavy atom. The molecule has 1 aliphatic rings. The van der Waals surface area contributed by atoms with Gasteiger partial charge < -0.3 is 24.9 Å². The van der Waals surface area contributed by atoms with Gasteiger partial charge in [-0.05, 0) is 4.92 Å². The lowest BCUT2D eigenvalue weighted by Crippen LogP contribution is -2.36. The molecule has 1 aromatic rings. The summed E-state index contributed by atoms with van der Waals surface area (Å²) in [6.07, 6.45) is 0. The third-order valence-electron chi connectivity index (χ3n) is 2.20. The quantitative estimate of drug-likeness (QED) is 0.524. The summed E-state index contributed by atoms with van der Waals surface area (Å²) in [5.41, 5.74) is 0.142. The van der Waals surface area contributed by atoms with Crippen molar-refractivity contribution >= 4 is 11.5 Å². The average molecular weight is 214 g/mol. The van der Waals surface area contributed by atoms with Crippen molar-refractivity contribution in [3.8, 4) is 5.88 Å². The molecule has 8 nitrogen and oxygen atoms in total. The Morgan fingerprint density at radius 2 is 2.20 bits per heavy atom. The molecule has 0 saturated carbocycles. The van der Waals surface area contributed by atoms with Crippen molar-refractivity contribution < 1.29 is 14.8 Å². The molecule has 1 saturated heterocycles. The highest BCUT2D eigenvalue weighted by Gasteiger charge is 2.29. The highest BCUT2D eigenvalue weighted by molar-refractivity contribution is 5.66. The Bertz CT molecular complexity index is 371. The fourth-order valence-corrected chi connectivity index (χ4v) is 1.52. The summed E-state index contributed by atoms with van der Waals surface area (Å²) in [6, 6.07) is 0. The molecule has 8 heteroatoms. The van der Waals surface area contributed by atoms with Crippen LogP contribution in [0.2, 0.25) is 0 Å². The van der Waals surface area contributed by atoms with E-state index in [1.807, 2.05) is 0 Å². The van der Waals surface area contributed by atoms with Gasteiger partial charge in [-0.2, -0.15) is 0 Å². The van der Waals surface area contributed by atoms with Crippen molar-refractivity contribution in [2.45, 2.75) is 0 Å². The first-order valence-corrected chi connectivity index (χ1v) is 4.44. The third-order valence-corrected chi connectivity index (χ3v) is 2.20. The Kier molecular flexibility index (Phi) is 2.42. The van der Waals surface area contributed by atoms with E-state index in [0.717, 1.165) is 0 Å². The molecule has 1 aliphatic heterocycles. The summed E-state index contributed by atoms with van der Waals surface area (Å²) in [5, 5.41) is 25.7. The van der Waals surface area contributed by atoms with Gasteiger partial charge in [-0.1, -0.05) is 0 Å². The molecule has 0 atom stereocenters. The largest absolute Gasteiger partial charge is 0.491 e. The van der Waals surface area contributed by atoms with Gasteiger partial charge in [0.2, 0.25) is 5.69 Å². The molecule has 0 aromatic carbocycles. The van der Waals surface area contributed by atoms with Gasteiger partial charge in [-0.15, -0.1) is 5.10 Å². The van der Waals surface area contributed by atoms with Crippen LogP contribution in [-0.2, 0) is 4.74 Å². The Morgan fingerprint density at radius 3 is 2.80 bits per heavy atom. The summed E-state index contributed by atoms with van der Waals surface area (Å²) in [7, 11) is 0. The van der Waals surface area contributed by atoms with Gasteiger partial charge in [-0.25, -0.2) is 0 Å². The lowest BCUT2D eigenvalue weighted by Gasteiger charge is -2.26. The van der Waals surface area contributed by atoms with E-state index in [1.54, 1.807) is 4.90 Å². The Labute approximate surface area is 84.6 Å². The van der Waals surface area contributed by atoms with E-state index in [9.17, 15) is 15.2 Å². The minimum atomic E-state index is -0.624. The van der Waals surface area contributed by atoms with Crippen LogP contribution in [0.25, 0.3) is 0 Å². The van der Waals surface area contributed by atoms with Crippen molar-refractivity contribution in [1.82, 2.24) is 10.2 Å². The molecule has 0 unspecified atom stereocenters. The summed E-state index contributed by atoms with van der Waals surface area (Å²) in [5.74, 6) is -0.627. The SMILES string of the molecule is O=[N+]([O-])c1n[nH]c(O)c1N1CCOCC1. The molecule has 2 heterocycles. The summed E-state index contributed by atoms with van der Waals surface area (Å²) < 4.78 is 5.11. The third kappa shape index (κ3) is 1.71. The summed E-state index contributed by atoms with van der Waals surface area (Å²) in [6.45, 7) is 1.99. The molecule has 2 N–H and O–H groups in total. The maximum atomic E-state index is 10.6. The molecule has 0 amide bonds. The van der Waals surface area contributed by atoms with Gasteiger partial charge in [0, 0.05) is 13.1 Å². The van der Waals surface area contributed by atoms with E-state index in [1.165, 1.54) is 0 Å². The van der Waals surface area contributed by atoms with Crippen LogP contribution in [0.15, 0.2) is 0 Å². The maximum absolute atomic E-state index is 10.6. The molecule has 0 bridgehead atoms. The molecule has 1 aromatic heterocycles. The Hall–Kier alpha value is -1.83. The van der Waals surface area contributed by atoms with Gasteiger partial charge in [-0.3, -0.25) is 0 Å². The van der Waals surface area contributed by atoms with E-state index >= 15 is 0 Å². The zero-order valence-corrected chi connectivity index (χ0v) is 7.84. The number of hydrogen-bond donors (Lipinski definition) is 2. The number of aromatic nitrogens is 2. The van der Waals surface area contributed by atoms with Gasteiger partial charge in [0.25, 0.3) is 5.88 Å². The van der Waals surface area contributed by atoms with E-state index in [2.05, 4.69) is 10.2 Å². The number of hydrogen-bond acceptors (Lipinski definition) is 6. The molecule has 1 fully saturated rings. The molecule has 82 valence electrons. The monoisotopic (exact) mass is 214 g/mol. The topological polar surface area (TPSA) is 105 Å². The highest BCUT2D eigenvalue weighted by Crippen LogP contribution is 2.34. The van der Waals surface area contributed by atoms with Gasteiger partial charge in [0.05, 0.1) is 18.3 Å². The maximum Gasteiger partial charge on any atom is 0.417 e. The average Bonchev–Trinajstić information content (AvgIpc) is 2.61. The minimum absolute atomic E-state index is 0.142. The second kappa shape index (κ2) is 3.73. The zero-order chi connectivity index (χ0) is 10.8. The normalized spacial score (nSPS) is 16.7. The van der Waals surface area contributed by atoms with Gasteiger partial charge in [0.1, 0.15) is 0 Å².